The number of amides is 1. The molecule has 6 N–H and O–H groups in total. The van der Waals surface area contributed by atoms with E-state index in [1.165, 1.54) is 44.2 Å². The van der Waals surface area contributed by atoms with Crippen molar-refractivity contribution in [1.29, 1.82) is 0 Å². The second-order valence-electron chi connectivity index (χ2n) is 5.49. The number of phenols is 1. The minimum absolute atomic E-state index is 0.00951. The van der Waals surface area contributed by atoms with Crippen LogP contribution in [0.2, 0.25) is 0 Å². The number of phenolic OH excluding ortho intramolecular Hbond substituents is 1. The molecule has 0 aliphatic heterocycles. The minimum Gasteiger partial charge on any atom is -0.478 e. The molecule has 0 heterocycles. The number of aromatic carboxylic acids is 2. The Balaban J connectivity index is 0.000000283. The Bertz CT molecular complexity index is 933. The van der Waals surface area contributed by atoms with Crippen molar-refractivity contribution < 1.29 is 41.6 Å². The van der Waals surface area contributed by atoms with E-state index in [4.69, 9.17) is 18.4 Å². The summed E-state index contributed by atoms with van der Waals surface area (Å²) in [5.74, 6) is -3.23. The first kappa shape index (κ1) is 23.0. The van der Waals surface area contributed by atoms with E-state index < -0.39 is 42.1 Å². The third-order valence-corrected chi connectivity index (χ3v) is 5.51. The van der Waals surface area contributed by atoms with Crippen LogP contribution in [-0.4, -0.2) is 55.5 Å². The number of carbonyl (C=O) groups excluding carboxylic acids is 1. The van der Waals surface area contributed by atoms with Crippen LogP contribution in [0.3, 0.4) is 0 Å². The Labute approximate surface area is 162 Å². The number of hydrogen-bond donors (Lipinski definition) is 6. The summed E-state index contributed by atoms with van der Waals surface area (Å²) in [4.78, 5) is 31.9. The van der Waals surface area contributed by atoms with E-state index in [1.807, 2.05) is 0 Å². The van der Waals surface area contributed by atoms with Gasteiger partial charge in [-0.3, -0.25) is 0 Å². The van der Waals surface area contributed by atoms with Gasteiger partial charge in [-0.1, -0.05) is 6.07 Å². The molecule has 0 spiro atoms. The summed E-state index contributed by atoms with van der Waals surface area (Å²) in [5.41, 5.74) is 0.326. The van der Waals surface area contributed by atoms with Gasteiger partial charge in [-0.2, -0.15) is 0 Å². The van der Waals surface area contributed by atoms with Crippen molar-refractivity contribution in [3.63, 3.8) is 0 Å². The van der Waals surface area contributed by atoms with E-state index in [9.17, 15) is 23.2 Å². The molecule has 0 aromatic heterocycles. The average Bonchev–Trinajstić information content (AvgIpc) is 2.55. The average molecular weight is 455 g/mol. The molecule has 0 radical (unpaired) electrons. The molecule has 11 heteroatoms. The Hall–Kier alpha value is -3.07. The van der Waals surface area contributed by atoms with Crippen LogP contribution in [0.5, 0.6) is 5.75 Å². The molecular formula is C17H18AsNO9. The van der Waals surface area contributed by atoms with E-state index in [2.05, 4.69) is 5.32 Å². The van der Waals surface area contributed by atoms with Gasteiger partial charge in [0.05, 0.1) is 11.1 Å². The van der Waals surface area contributed by atoms with Crippen molar-refractivity contribution in [2.45, 2.75) is 13.8 Å². The van der Waals surface area contributed by atoms with Crippen molar-refractivity contribution in [2.24, 2.45) is 0 Å². The summed E-state index contributed by atoms with van der Waals surface area (Å²) in [6.07, 6.45) is 0. The van der Waals surface area contributed by atoms with Crippen LogP contribution in [-0.2, 0) is 8.53 Å². The summed E-state index contributed by atoms with van der Waals surface area (Å²) in [6, 6.07) is 8.00. The van der Waals surface area contributed by atoms with Gasteiger partial charge in [-0.05, 0) is 24.6 Å². The minimum atomic E-state index is -5.15. The maximum absolute atomic E-state index is 11.0. The number of rotatable bonds is 4. The van der Waals surface area contributed by atoms with Gasteiger partial charge in [0.15, 0.2) is 0 Å². The van der Waals surface area contributed by atoms with Crippen molar-refractivity contribution in [1.82, 2.24) is 0 Å². The number of hydrogen-bond acceptors (Lipinski definition) is 5. The van der Waals surface area contributed by atoms with Crippen LogP contribution in [0.1, 0.15) is 33.2 Å². The smallest absolute Gasteiger partial charge is 0.335 e. The first-order valence-electron chi connectivity index (χ1n) is 7.58. The molecule has 0 aliphatic carbocycles. The van der Waals surface area contributed by atoms with Gasteiger partial charge in [0, 0.05) is 0 Å². The van der Waals surface area contributed by atoms with Gasteiger partial charge in [0.2, 0.25) is 0 Å². The first-order chi connectivity index (χ1) is 12.9. The van der Waals surface area contributed by atoms with Crippen molar-refractivity contribution in [3.05, 3.63) is 53.1 Å². The van der Waals surface area contributed by atoms with E-state index >= 15 is 0 Å². The van der Waals surface area contributed by atoms with Crippen molar-refractivity contribution >= 4 is 42.1 Å². The Morgan fingerprint density at radius 1 is 0.929 bits per heavy atom. The van der Waals surface area contributed by atoms with Crippen LogP contribution in [0, 0.1) is 6.92 Å². The van der Waals surface area contributed by atoms with E-state index in [-0.39, 0.29) is 22.4 Å². The zero-order valence-electron chi connectivity index (χ0n) is 14.8. The molecule has 0 unspecified atom stereocenters. The molecule has 0 atom stereocenters. The first-order valence-corrected chi connectivity index (χ1v) is 11.0. The topological polar surface area (TPSA) is 181 Å². The van der Waals surface area contributed by atoms with Gasteiger partial charge >= 0.3 is 100 Å². The Kier molecular flexibility index (Phi) is 7.57. The molecule has 0 fully saturated rings. The molecule has 0 bridgehead atoms. The molecule has 0 aliphatic rings. The second-order valence-corrected chi connectivity index (χ2v) is 8.78. The largest absolute Gasteiger partial charge is 0.478 e. The van der Waals surface area contributed by atoms with Gasteiger partial charge in [-0.25, -0.2) is 9.59 Å². The third-order valence-electron chi connectivity index (χ3n) is 3.43. The number of para-hydroxylation sites is 1. The fourth-order valence-electron chi connectivity index (χ4n) is 2.16. The number of anilines is 1. The molecule has 0 saturated heterocycles. The van der Waals surface area contributed by atoms with Crippen LogP contribution in [0.4, 0.5) is 5.69 Å². The predicted octanol–water partition coefficient (Wildman–Crippen LogP) is 0.303. The molecule has 0 saturated carbocycles. The SMILES string of the molecule is CC(=O)Nc1cccc([As](=O)(O)O)c1O.Cc1c(C(=O)O)cccc1C(=O)O. The summed E-state index contributed by atoms with van der Waals surface area (Å²) in [7, 11) is 0. The number of carboxylic acid groups (broad SMARTS) is 2. The van der Waals surface area contributed by atoms with Crippen LogP contribution in [0.25, 0.3) is 0 Å². The monoisotopic (exact) mass is 455 g/mol. The number of carboxylic acids is 2. The third kappa shape index (κ3) is 5.98. The molecule has 10 nitrogen and oxygen atoms in total. The van der Waals surface area contributed by atoms with E-state index in [0.717, 1.165) is 6.07 Å². The molecule has 2 aromatic carbocycles. The summed E-state index contributed by atoms with van der Waals surface area (Å²) >= 11 is -5.15. The summed E-state index contributed by atoms with van der Waals surface area (Å²) in [5, 5.41) is 29.1. The number of carbonyl (C=O) groups is 3. The zero-order chi connectivity index (χ0) is 21.6. The maximum atomic E-state index is 11.0. The standard InChI is InChI=1S/C9H8O4.C8H10AsNO5/c1-5-6(8(10)11)3-2-4-7(5)9(12)13;1-5(11)10-7-4-2-3-6(8(7)12)9(13,14)15/h2-4H,1H3,(H,10,11)(H,12,13);2-4,12H,1H3,(H,10,11)(H2,13,14,15). The van der Waals surface area contributed by atoms with Gasteiger partial charge in [0.1, 0.15) is 0 Å². The van der Waals surface area contributed by atoms with Gasteiger partial charge < -0.3 is 10.2 Å². The quantitative estimate of drug-likeness (QED) is 0.279. The molecular weight excluding hydrogens is 437 g/mol. The molecule has 150 valence electrons. The van der Waals surface area contributed by atoms with E-state index in [0.29, 0.717) is 0 Å². The molecule has 2 rings (SSSR count). The van der Waals surface area contributed by atoms with Crippen molar-refractivity contribution in [3.8, 4) is 5.75 Å². The fraction of sp³-hybridized carbons (Fsp3) is 0.118. The molecule has 28 heavy (non-hydrogen) atoms. The number of aromatic hydroxyl groups is 1. The van der Waals surface area contributed by atoms with Crippen LogP contribution >= 0.6 is 0 Å². The maximum Gasteiger partial charge on any atom is 0.335 e. The predicted molar refractivity (Wildman–Crippen MR) is 98.0 cm³/mol. The molecule has 1 amide bonds. The number of nitrogens with one attached hydrogen (secondary N) is 1. The molecule has 2 aromatic rings. The van der Waals surface area contributed by atoms with Crippen LogP contribution < -0.4 is 9.67 Å². The van der Waals surface area contributed by atoms with Crippen molar-refractivity contribution in [2.75, 3.05) is 5.32 Å². The zero-order valence-corrected chi connectivity index (χ0v) is 16.7. The number of benzene rings is 2. The van der Waals surface area contributed by atoms with Gasteiger partial charge in [0.25, 0.3) is 0 Å². The van der Waals surface area contributed by atoms with Gasteiger partial charge in [-0.15, -0.1) is 0 Å². The Morgan fingerprint density at radius 2 is 1.39 bits per heavy atom. The summed E-state index contributed by atoms with van der Waals surface area (Å²) in [6.45, 7) is 2.71. The van der Waals surface area contributed by atoms with E-state index in [1.54, 1.807) is 0 Å². The van der Waals surface area contributed by atoms with Crippen LogP contribution in [0.15, 0.2) is 36.4 Å². The second kappa shape index (κ2) is 9.22. The normalized spacial score (nSPS) is 10.4. The summed E-state index contributed by atoms with van der Waals surface area (Å²) < 4.78 is 28.4. The Morgan fingerprint density at radius 3 is 1.79 bits per heavy atom. The fourth-order valence-corrected chi connectivity index (χ4v) is 3.58.